The minimum Gasteiger partial charge on any atom is -0.476 e. The van der Waals surface area contributed by atoms with Crippen molar-refractivity contribution in [3.63, 3.8) is 0 Å². The Hall–Kier alpha value is -2.52. The molecule has 0 bridgehead atoms. The van der Waals surface area contributed by atoms with Gasteiger partial charge in [0.25, 0.3) is 0 Å². The van der Waals surface area contributed by atoms with Crippen LogP contribution in [0.4, 0.5) is 10.3 Å². The minimum absolute atomic E-state index is 0.0748. The van der Waals surface area contributed by atoms with E-state index >= 15 is 4.39 Å². The number of halogens is 1. The lowest BCUT2D eigenvalue weighted by Gasteiger charge is -2.25. The number of aliphatic hydroxyl groups is 2. The van der Waals surface area contributed by atoms with Crippen LogP contribution < -0.4 is 10.5 Å². The SMILES string of the molecule is CCOc1nc(N)nc2c1ncn2[C@@H]1O[C@H](CO)[C@@H](O)[C@]1(F)C=C=C(C)C. The number of nitrogens with two attached hydrogens (primary N) is 1. The van der Waals surface area contributed by atoms with Crippen LogP contribution in [0.15, 0.2) is 23.7 Å². The number of nitrogen functional groups attached to an aromatic ring is 1. The fraction of sp³-hybridized carbons (Fsp3) is 0.529. The Kier molecular flexibility index (Phi) is 5.16. The van der Waals surface area contributed by atoms with E-state index in [9.17, 15) is 10.2 Å². The molecule has 0 aromatic carbocycles. The van der Waals surface area contributed by atoms with Gasteiger partial charge < -0.3 is 25.4 Å². The summed E-state index contributed by atoms with van der Waals surface area (Å²) in [7, 11) is 0. The number of rotatable bonds is 5. The second kappa shape index (κ2) is 7.24. The second-order valence-corrected chi connectivity index (χ2v) is 6.41. The third-order valence-corrected chi connectivity index (χ3v) is 4.19. The summed E-state index contributed by atoms with van der Waals surface area (Å²) in [6.07, 6.45) is -1.66. The smallest absolute Gasteiger partial charge is 0.247 e. The molecule has 1 aliphatic rings. The van der Waals surface area contributed by atoms with Gasteiger partial charge in [-0.2, -0.15) is 9.97 Å². The third kappa shape index (κ3) is 3.28. The Morgan fingerprint density at radius 3 is 2.89 bits per heavy atom. The lowest BCUT2D eigenvalue weighted by molar-refractivity contribution is -0.0515. The number of nitrogens with zero attached hydrogens (tertiary/aromatic N) is 4. The van der Waals surface area contributed by atoms with Gasteiger partial charge in [-0.1, -0.05) is 0 Å². The molecule has 10 heteroatoms. The molecule has 146 valence electrons. The highest BCUT2D eigenvalue weighted by molar-refractivity contribution is 5.77. The van der Waals surface area contributed by atoms with Crippen LogP contribution in [0, 0.1) is 0 Å². The maximum absolute atomic E-state index is 15.8. The van der Waals surface area contributed by atoms with Gasteiger partial charge in [0, 0.05) is 6.08 Å². The first-order chi connectivity index (χ1) is 12.8. The van der Waals surface area contributed by atoms with Gasteiger partial charge in [0.2, 0.25) is 17.5 Å². The van der Waals surface area contributed by atoms with Crippen LogP contribution in [0.5, 0.6) is 5.88 Å². The van der Waals surface area contributed by atoms with Crippen molar-refractivity contribution in [2.24, 2.45) is 0 Å². The standard InChI is InChI=1S/C17H22FN5O4/c1-4-26-14-11-13(21-16(19)22-14)23(8-20-11)15-17(18,6-5-9(2)3)12(25)10(7-24)27-15/h6,8,10,12,15,24-25H,4,7H2,1-3H3,(H2,19,21,22)/t10-,12-,15-,17-/m1/s1. The largest absolute Gasteiger partial charge is 0.476 e. The third-order valence-electron chi connectivity index (χ3n) is 4.19. The van der Waals surface area contributed by atoms with E-state index in [1.807, 2.05) is 0 Å². The van der Waals surface area contributed by atoms with Crippen LogP contribution >= 0.6 is 0 Å². The van der Waals surface area contributed by atoms with Crippen molar-refractivity contribution in [3.8, 4) is 5.88 Å². The van der Waals surface area contributed by atoms with Crippen molar-refractivity contribution < 1.29 is 24.1 Å². The lowest BCUT2D eigenvalue weighted by Crippen LogP contribution is -2.41. The zero-order valence-corrected chi connectivity index (χ0v) is 15.3. The summed E-state index contributed by atoms with van der Waals surface area (Å²) in [6, 6.07) is 0. The van der Waals surface area contributed by atoms with Gasteiger partial charge in [-0.25, -0.2) is 9.37 Å². The average Bonchev–Trinajstić information content (AvgIpc) is 3.13. The molecule has 2 aromatic heterocycles. The van der Waals surface area contributed by atoms with Crippen LogP contribution in [0.1, 0.15) is 27.0 Å². The topological polar surface area (TPSA) is 129 Å². The summed E-state index contributed by atoms with van der Waals surface area (Å²) in [5, 5.41) is 19.9. The van der Waals surface area contributed by atoms with E-state index in [2.05, 4.69) is 20.7 Å². The Labute approximate surface area is 155 Å². The van der Waals surface area contributed by atoms with Gasteiger partial charge in [-0.3, -0.25) is 4.57 Å². The molecule has 1 fully saturated rings. The zero-order chi connectivity index (χ0) is 19.8. The van der Waals surface area contributed by atoms with Crippen LogP contribution in [-0.2, 0) is 4.74 Å². The van der Waals surface area contributed by atoms with Crippen LogP contribution in [0.3, 0.4) is 0 Å². The van der Waals surface area contributed by atoms with Gasteiger partial charge in [-0.15, -0.1) is 5.73 Å². The van der Waals surface area contributed by atoms with Crippen molar-refractivity contribution in [3.05, 3.63) is 23.7 Å². The first kappa shape index (κ1) is 19.2. The van der Waals surface area contributed by atoms with Crippen LogP contribution in [0.25, 0.3) is 11.2 Å². The van der Waals surface area contributed by atoms with Gasteiger partial charge in [0.05, 0.1) is 19.5 Å². The monoisotopic (exact) mass is 379 g/mol. The maximum Gasteiger partial charge on any atom is 0.247 e. The number of imidazole rings is 1. The van der Waals surface area contributed by atoms with Crippen LogP contribution in [-0.4, -0.2) is 60.8 Å². The fourth-order valence-electron chi connectivity index (χ4n) is 2.92. The van der Waals surface area contributed by atoms with Crippen molar-refractivity contribution in [1.29, 1.82) is 0 Å². The summed E-state index contributed by atoms with van der Waals surface area (Å²) >= 11 is 0. The number of alkyl halides is 1. The van der Waals surface area contributed by atoms with E-state index < -0.39 is 30.7 Å². The highest BCUT2D eigenvalue weighted by Gasteiger charge is 2.57. The summed E-state index contributed by atoms with van der Waals surface area (Å²) in [4.78, 5) is 12.3. The zero-order valence-electron chi connectivity index (χ0n) is 15.3. The number of aliphatic hydroxyl groups excluding tert-OH is 2. The number of hydrogen-bond acceptors (Lipinski definition) is 8. The second-order valence-electron chi connectivity index (χ2n) is 6.41. The Balaban J connectivity index is 2.17. The molecule has 1 saturated heterocycles. The predicted molar refractivity (Wildman–Crippen MR) is 94.7 cm³/mol. The van der Waals surface area contributed by atoms with Crippen LogP contribution in [0.2, 0.25) is 0 Å². The summed E-state index contributed by atoms with van der Waals surface area (Å²) in [5.74, 6) is 0.0922. The summed E-state index contributed by atoms with van der Waals surface area (Å²) < 4.78 is 28.1. The van der Waals surface area contributed by atoms with E-state index in [1.54, 1.807) is 20.8 Å². The highest BCUT2D eigenvalue weighted by Crippen LogP contribution is 2.44. The Morgan fingerprint density at radius 2 is 2.26 bits per heavy atom. The molecule has 1 aliphatic heterocycles. The first-order valence-corrected chi connectivity index (χ1v) is 8.49. The van der Waals surface area contributed by atoms with E-state index in [-0.39, 0.29) is 23.0 Å². The maximum atomic E-state index is 15.8. The molecule has 0 radical (unpaired) electrons. The molecular formula is C17H22FN5O4. The van der Waals surface area contributed by atoms with E-state index in [0.29, 0.717) is 12.2 Å². The normalized spacial score (nSPS) is 27.6. The van der Waals surface area contributed by atoms with Gasteiger partial charge in [0.15, 0.2) is 17.4 Å². The number of hydrogen-bond donors (Lipinski definition) is 3. The van der Waals surface area contributed by atoms with Gasteiger partial charge in [0.1, 0.15) is 12.2 Å². The number of anilines is 1. The minimum atomic E-state index is -2.37. The molecule has 0 amide bonds. The molecule has 2 aromatic rings. The summed E-state index contributed by atoms with van der Waals surface area (Å²) in [5.41, 5.74) is 7.32. The molecule has 0 saturated carbocycles. The van der Waals surface area contributed by atoms with E-state index in [4.69, 9.17) is 15.2 Å². The highest BCUT2D eigenvalue weighted by atomic mass is 19.1. The Morgan fingerprint density at radius 1 is 1.52 bits per heavy atom. The molecule has 3 rings (SSSR count). The molecule has 3 heterocycles. The molecule has 27 heavy (non-hydrogen) atoms. The van der Waals surface area contributed by atoms with Crippen molar-refractivity contribution in [1.82, 2.24) is 19.5 Å². The lowest BCUT2D eigenvalue weighted by atomic mass is 9.95. The van der Waals surface area contributed by atoms with E-state index in [1.165, 1.54) is 10.9 Å². The molecule has 0 spiro atoms. The van der Waals surface area contributed by atoms with Crippen molar-refractivity contribution in [2.75, 3.05) is 18.9 Å². The quantitative estimate of drug-likeness (QED) is 0.653. The number of ether oxygens (including phenoxy) is 2. The number of fused-ring (bicyclic) bond motifs is 1. The van der Waals surface area contributed by atoms with Gasteiger partial charge >= 0.3 is 0 Å². The summed E-state index contributed by atoms with van der Waals surface area (Å²) in [6.45, 7) is 5.05. The number of aromatic nitrogens is 4. The molecule has 0 aliphatic carbocycles. The molecule has 4 atom stereocenters. The van der Waals surface area contributed by atoms with Crippen molar-refractivity contribution >= 4 is 17.1 Å². The molecule has 4 N–H and O–H groups in total. The fourth-order valence-corrected chi connectivity index (χ4v) is 2.92. The van der Waals surface area contributed by atoms with E-state index in [0.717, 1.165) is 6.08 Å². The van der Waals surface area contributed by atoms with Crippen molar-refractivity contribution in [2.45, 2.75) is 44.9 Å². The Bertz CT molecular complexity index is 906. The van der Waals surface area contributed by atoms with Gasteiger partial charge in [-0.05, 0) is 26.3 Å². The molecular weight excluding hydrogens is 357 g/mol. The molecule has 9 nitrogen and oxygen atoms in total. The molecule has 0 unspecified atom stereocenters. The predicted octanol–water partition coefficient (Wildman–Crippen LogP) is 0.887. The first-order valence-electron chi connectivity index (χ1n) is 8.49. The average molecular weight is 379 g/mol.